The van der Waals surface area contributed by atoms with Gasteiger partial charge in [0, 0.05) is 29.7 Å². The summed E-state index contributed by atoms with van der Waals surface area (Å²) in [5, 5.41) is 1.06. The Labute approximate surface area is 165 Å². The quantitative estimate of drug-likeness (QED) is 0.635. The van der Waals surface area contributed by atoms with Crippen molar-refractivity contribution in [3.8, 4) is 0 Å². The van der Waals surface area contributed by atoms with Gasteiger partial charge in [0.15, 0.2) is 0 Å². The first kappa shape index (κ1) is 19.7. The number of carbonyl (C=O) groups is 2. The van der Waals surface area contributed by atoms with E-state index in [9.17, 15) is 9.59 Å². The van der Waals surface area contributed by atoms with Gasteiger partial charge in [-0.1, -0.05) is 55.5 Å². The number of nitrogens with zero attached hydrogens (tertiary/aromatic N) is 1. The highest BCUT2D eigenvalue weighted by molar-refractivity contribution is 5.90. The Morgan fingerprint density at radius 1 is 1.07 bits per heavy atom. The average molecular weight is 378 g/mol. The number of ether oxygens (including phenoxy) is 1. The summed E-state index contributed by atoms with van der Waals surface area (Å²) < 4.78 is 4.84. The van der Waals surface area contributed by atoms with E-state index in [0.29, 0.717) is 13.1 Å². The molecule has 5 heteroatoms. The number of para-hydroxylation sites is 1. The van der Waals surface area contributed by atoms with Crippen LogP contribution in [0.4, 0.5) is 0 Å². The van der Waals surface area contributed by atoms with Gasteiger partial charge in [0.2, 0.25) is 5.91 Å². The largest absolute Gasteiger partial charge is 0.469 e. The van der Waals surface area contributed by atoms with Gasteiger partial charge >= 0.3 is 5.97 Å². The summed E-state index contributed by atoms with van der Waals surface area (Å²) in [6.07, 6.45) is 0.288. The first-order valence-corrected chi connectivity index (χ1v) is 9.45. The van der Waals surface area contributed by atoms with Crippen LogP contribution in [0.25, 0.3) is 10.9 Å². The minimum atomic E-state index is -0.387. The third-order valence-corrected chi connectivity index (χ3v) is 5.02. The van der Waals surface area contributed by atoms with E-state index in [-0.39, 0.29) is 24.2 Å². The van der Waals surface area contributed by atoms with E-state index in [1.54, 1.807) is 11.8 Å². The van der Waals surface area contributed by atoms with Gasteiger partial charge < -0.3 is 14.6 Å². The lowest BCUT2D eigenvalue weighted by Crippen LogP contribution is -2.37. The minimum Gasteiger partial charge on any atom is -0.469 e. The number of amides is 1. The first-order valence-electron chi connectivity index (χ1n) is 9.45. The third kappa shape index (κ3) is 4.42. The maximum atomic E-state index is 13.2. The maximum Gasteiger partial charge on any atom is 0.310 e. The summed E-state index contributed by atoms with van der Waals surface area (Å²) in [5.74, 6) is -0.705. The van der Waals surface area contributed by atoms with E-state index in [1.165, 1.54) is 7.11 Å². The third-order valence-electron chi connectivity index (χ3n) is 5.02. The van der Waals surface area contributed by atoms with Crippen LogP contribution < -0.4 is 0 Å². The Morgan fingerprint density at radius 3 is 2.46 bits per heavy atom. The van der Waals surface area contributed by atoms with Gasteiger partial charge in [0.25, 0.3) is 0 Å². The van der Waals surface area contributed by atoms with E-state index in [0.717, 1.165) is 27.7 Å². The molecule has 3 rings (SSSR count). The van der Waals surface area contributed by atoms with Crippen molar-refractivity contribution in [2.75, 3.05) is 13.7 Å². The van der Waals surface area contributed by atoms with Crippen molar-refractivity contribution in [2.45, 2.75) is 26.8 Å². The molecule has 1 heterocycles. The van der Waals surface area contributed by atoms with Crippen molar-refractivity contribution in [1.82, 2.24) is 9.88 Å². The lowest BCUT2D eigenvalue weighted by Gasteiger charge is -2.25. The monoisotopic (exact) mass is 378 g/mol. The highest BCUT2D eigenvalue weighted by atomic mass is 16.5. The molecular formula is C23H26N2O3. The van der Waals surface area contributed by atoms with Gasteiger partial charge in [-0.3, -0.25) is 9.59 Å². The number of hydrogen-bond donors (Lipinski definition) is 1. The zero-order chi connectivity index (χ0) is 20.1. The fourth-order valence-corrected chi connectivity index (χ4v) is 3.49. The van der Waals surface area contributed by atoms with Crippen LogP contribution in [-0.2, 0) is 27.3 Å². The van der Waals surface area contributed by atoms with Crippen LogP contribution in [-0.4, -0.2) is 35.4 Å². The Balaban J connectivity index is 1.84. The lowest BCUT2D eigenvalue weighted by atomic mass is 10.1. The fourth-order valence-electron chi connectivity index (χ4n) is 3.49. The zero-order valence-corrected chi connectivity index (χ0v) is 16.6. The van der Waals surface area contributed by atoms with Gasteiger partial charge in [-0.2, -0.15) is 0 Å². The van der Waals surface area contributed by atoms with Crippen LogP contribution >= 0.6 is 0 Å². The number of hydrogen-bond acceptors (Lipinski definition) is 3. The lowest BCUT2D eigenvalue weighted by molar-refractivity contribution is -0.146. The number of fused-ring (bicyclic) bond motifs is 1. The predicted octanol–water partition coefficient (Wildman–Crippen LogP) is 3.86. The number of benzene rings is 2. The molecule has 1 unspecified atom stereocenters. The number of methoxy groups -OCH3 is 1. The zero-order valence-electron chi connectivity index (χ0n) is 16.6. The van der Waals surface area contributed by atoms with Gasteiger partial charge in [-0.05, 0) is 24.1 Å². The number of rotatable bonds is 7. The maximum absolute atomic E-state index is 13.2. The van der Waals surface area contributed by atoms with Crippen LogP contribution in [0.1, 0.15) is 23.7 Å². The number of H-pyrrole nitrogens is 1. The molecule has 28 heavy (non-hydrogen) atoms. The molecule has 3 aromatic rings. The molecule has 1 N–H and O–H groups in total. The molecule has 0 radical (unpaired) electrons. The number of esters is 1. The number of aromatic nitrogens is 1. The summed E-state index contributed by atoms with van der Waals surface area (Å²) in [6.45, 7) is 4.56. The standard InChI is InChI=1S/C23H26N2O3/c1-16(23(27)28-3)14-25(15-18-9-5-4-6-10-18)22(26)13-20-17(2)24-21-12-8-7-11-19(20)21/h4-12,16,24H,13-15H2,1-3H3. The molecular weight excluding hydrogens is 352 g/mol. The molecule has 0 saturated heterocycles. The van der Waals surface area contributed by atoms with Crippen LogP contribution in [0, 0.1) is 12.8 Å². The van der Waals surface area contributed by atoms with E-state index < -0.39 is 0 Å². The fraction of sp³-hybridized carbons (Fsp3) is 0.304. The van der Waals surface area contributed by atoms with Crippen molar-refractivity contribution in [3.63, 3.8) is 0 Å². The minimum absolute atomic E-state index is 0.00698. The van der Waals surface area contributed by atoms with E-state index in [4.69, 9.17) is 4.74 Å². The van der Waals surface area contributed by atoms with Crippen LogP contribution in [0.15, 0.2) is 54.6 Å². The van der Waals surface area contributed by atoms with Crippen molar-refractivity contribution in [1.29, 1.82) is 0 Å². The normalized spacial score (nSPS) is 12.0. The molecule has 2 aromatic carbocycles. The van der Waals surface area contributed by atoms with Gasteiger partial charge in [-0.25, -0.2) is 0 Å². The van der Waals surface area contributed by atoms with Gasteiger partial charge in [0.05, 0.1) is 19.4 Å². The van der Waals surface area contributed by atoms with Crippen LogP contribution in [0.2, 0.25) is 0 Å². The molecule has 0 bridgehead atoms. The van der Waals surface area contributed by atoms with Gasteiger partial charge in [-0.15, -0.1) is 0 Å². The van der Waals surface area contributed by atoms with Crippen molar-refractivity contribution in [3.05, 3.63) is 71.4 Å². The number of aromatic amines is 1. The molecule has 146 valence electrons. The number of nitrogens with one attached hydrogen (secondary N) is 1. The van der Waals surface area contributed by atoms with Crippen LogP contribution in [0.3, 0.4) is 0 Å². The summed E-state index contributed by atoms with van der Waals surface area (Å²) >= 11 is 0. The number of aryl methyl sites for hydroxylation is 1. The summed E-state index contributed by atoms with van der Waals surface area (Å²) in [5.41, 5.74) is 4.06. The molecule has 0 saturated carbocycles. The summed E-state index contributed by atoms with van der Waals surface area (Å²) in [7, 11) is 1.37. The molecule has 0 aliphatic carbocycles. The molecule has 1 amide bonds. The second-order valence-electron chi connectivity index (χ2n) is 7.13. The van der Waals surface area contributed by atoms with Crippen molar-refractivity contribution >= 4 is 22.8 Å². The highest BCUT2D eigenvalue weighted by Gasteiger charge is 2.23. The Hall–Kier alpha value is -3.08. The van der Waals surface area contributed by atoms with E-state index in [1.807, 2.05) is 61.5 Å². The van der Waals surface area contributed by atoms with Crippen molar-refractivity contribution in [2.24, 2.45) is 5.92 Å². The molecule has 5 nitrogen and oxygen atoms in total. The topological polar surface area (TPSA) is 62.4 Å². The molecule has 1 atom stereocenters. The van der Waals surface area contributed by atoms with E-state index in [2.05, 4.69) is 4.98 Å². The Bertz CT molecular complexity index is 962. The molecule has 0 aliphatic heterocycles. The summed E-state index contributed by atoms with van der Waals surface area (Å²) in [6, 6.07) is 17.8. The van der Waals surface area contributed by atoms with Gasteiger partial charge in [0.1, 0.15) is 0 Å². The second kappa shape index (κ2) is 8.74. The molecule has 0 aliphatic rings. The smallest absolute Gasteiger partial charge is 0.310 e. The Morgan fingerprint density at radius 2 is 1.75 bits per heavy atom. The summed E-state index contributed by atoms with van der Waals surface area (Å²) in [4.78, 5) is 30.2. The second-order valence-corrected chi connectivity index (χ2v) is 7.13. The Kier molecular flexibility index (Phi) is 6.14. The van der Waals surface area contributed by atoms with Crippen molar-refractivity contribution < 1.29 is 14.3 Å². The highest BCUT2D eigenvalue weighted by Crippen LogP contribution is 2.23. The first-order chi connectivity index (χ1) is 13.5. The SMILES string of the molecule is COC(=O)C(C)CN(Cc1ccccc1)C(=O)Cc1c(C)[nH]c2ccccc12. The van der Waals surface area contributed by atoms with E-state index >= 15 is 0 Å². The average Bonchev–Trinajstić information content (AvgIpc) is 3.02. The van der Waals surface area contributed by atoms with Crippen LogP contribution in [0.5, 0.6) is 0 Å². The predicted molar refractivity (Wildman–Crippen MR) is 110 cm³/mol. The number of carbonyl (C=O) groups excluding carboxylic acids is 2. The molecule has 0 fully saturated rings. The molecule has 0 spiro atoms. The molecule has 1 aromatic heterocycles.